The molecule has 2 aromatic carbocycles. The van der Waals surface area contributed by atoms with E-state index in [0.717, 1.165) is 11.8 Å². The molecule has 0 atom stereocenters. The first-order chi connectivity index (χ1) is 17.1. The summed E-state index contributed by atoms with van der Waals surface area (Å²) in [7, 11) is 1.70. The van der Waals surface area contributed by atoms with E-state index in [1.54, 1.807) is 49.2 Å². The lowest BCUT2D eigenvalue weighted by Gasteiger charge is -2.31. The number of morpholine rings is 1. The molecule has 2 aromatic heterocycles. The quantitative estimate of drug-likeness (QED) is 0.420. The molecule has 11 heteroatoms. The fourth-order valence-electron chi connectivity index (χ4n) is 4.28. The summed E-state index contributed by atoms with van der Waals surface area (Å²) in [6.45, 7) is 6.69. The maximum atomic E-state index is 14.1. The van der Waals surface area contributed by atoms with Crippen LogP contribution in [0.3, 0.4) is 0 Å². The largest absolute Gasteiger partial charge is 0.495 e. The predicted octanol–water partition coefficient (Wildman–Crippen LogP) is 4.89. The molecule has 3 heterocycles. The molecule has 0 unspecified atom stereocenters. The third-order valence-corrected chi connectivity index (χ3v) is 5.96. The minimum atomic E-state index is -4.62. The van der Waals surface area contributed by atoms with Crippen molar-refractivity contribution in [3.8, 4) is 11.4 Å². The smallest absolute Gasteiger partial charge is 0.417 e. The molecule has 5 rings (SSSR count). The Morgan fingerprint density at radius 1 is 1.22 bits per heavy atom. The molecular weight excluding hydrogens is 473 g/mol. The van der Waals surface area contributed by atoms with Gasteiger partial charge in [-0.25, -0.2) is 4.98 Å². The van der Waals surface area contributed by atoms with Crippen molar-refractivity contribution >= 4 is 28.4 Å². The number of rotatable bonds is 4. The lowest BCUT2D eigenvalue weighted by Crippen LogP contribution is -2.34. The van der Waals surface area contributed by atoms with Gasteiger partial charge in [0.15, 0.2) is 0 Å². The summed E-state index contributed by atoms with van der Waals surface area (Å²) in [4.78, 5) is 22.1. The highest BCUT2D eigenvalue weighted by atomic mass is 19.4. The first-order valence-electron chi connectivity index (χ1n) is 11.2. The molecule has 36 heavy (non-hydrogen) atoms. The third kappa shape index (κ3) is 4.39. The lowest BCUT2D eigenvalue weighted by molar-refractivity contribution is -0.137. The highest BCUT2D eigenvalue weighted by molar-refractivity contribution is 6.11. The number of ether oxygens (including phenoxy) is 1. The van der Waals surface area contributed by atoms with Crippen LogP contribution < -0.4 is 10.2 Å². The van der Waals surface area contributed by atoms with Crippen molar-refractivity contribution < 1.29 is 22.7 Å². The number of imidazole rings is 1. The van der Waals surface area contributed by atoms with Crippen LogP contribution in [0.15, 0.2) is 54.8 Å². The number of aryl methyl sites for hydroxylation is 2. The maximum Gasteiger partial charge on any atom is 0.417 e. The van der Waals surface area contributed by atoms with E-state index < -0.39 is 17.6 Å². The second-order valence-corrected chi connectivity index (χ2v) is 8.57. The first kappa shape index (κ1) is 23.5. The number of carbonyl (C=O) groups is 1. The minimum Gasteiger partial charge on any atom is -0.495 e. The van der Waals surface area contributed by atoms with E-state index in [1.807, 2.05) is 0 Å². The standard InChI is InChI=1S/C25H23F3N6O2/c1-14-11-21(33(3)32-14)30-24(35)18-5-4-6-20-22(18)31-23(29-20)17-8-7-16(12-19(17)25(26,27)28)34-9-10-36-15(2)13-34/h4-8,11-12H,2,9-10,13H2,1,3H3,(H,29,31)(H,30,35). The van der Waals surface area contributed by atoms with Crippen LogP contribution in [0.2, 0.25) is 0 Å². The Hall–Kier alpha value is -4.28. The molecule has 0 aliphatic carbocycles. The first-order valence-corrected chi connectivity index (χ1v) is 11.2. The lowest BCUT2D eigenvalue weighted by atomic mass is 10.0. The van der Waals surface area contributed by atoms with Gasteiger partial charge in [-0.3, -0.25) is 9.48 Å². The number of alkyl halides is 3. The number of carbonyl (C=O) groups excluding carboxylic acids is 1. The van der Waals surface area contributed by atoms with Gasteiger partial charge in [-0.1, -0.05) is 12.6 Å². The number of hydrogen-bond donors (Lipinski definition) is 2. The molecular formula is C25H23F3N6O2. The Kier molecular flexibility index (Phi) is 5.70. The number of nitrogens with one attached hydrogen (secondary N) is 2. The summed E-state index contributed by atoms with van der Waals surface area (Å²) in [6.07, 6.45) is -4.62. The molecule has 1 saturated heterocycles. The molecule has 0 bridgehead atoms. The normalized spacial score (nSPS) is 14.2. The van der Waals surface area contributed by atoms with E-state index in [9.17, 15) is 18.0 Å². The van der Waals surface area contributed by atoms with Gasteiger partial charge in [0.05, 0.1) is 35.4 Å². The summed E-state index contributed by atoms with van der Waals surface area (Å²) in [6, 6.07) is 10.7. The number of anilines is 2. The Bertz CT molecular complexity index is 1490. The summed E-state index contributed by atoms with van der Waals surface area (Å²) in [5, 5.41) is 6.98. The second kappa shape index (κ2) is 8.74. The van der Waals surface area contributed by atoms with Crippen molar-refractivity contribution in [3.05, 3.63) is 71.6 Å². The fraction of sp³-hybridized carbons (Fsp3) is 0.240. The number of aromatic amines is 1. The van der Waals surface area contributed by atoms with Crippen LogP contribution in [0.1, 0.15) is 21.6 Å². The number of fused-ring (bicyclic) bond motifs is 1. The van der Waals surface area contributed by atoms with Crippen molar-refractivity contribution in [3.63, 3.8) is 0 Å². The summed E-state index contributed by atoms with van der Waals surface area (Å²) in [5.74, 6) is 0.571. The van der Waals surface area contributed by atoms with Gasteiger partial charge in [0.25, 0.3) is 5.91 Å². The van der Waals surface area contributed by atoms with Crippen molar-refractivity contribution in [2.45, 2.75) is 13.1 Å². The fourth-order valence-corrected chi connectivity index (χ4v) is 4.28. The van der Waals surface area contributed by atoms with Gasteiger partial charge in [-0.2, -0.15) is 18.3 Å². The van der Waals surface area contributed by atoms with Gasteiger partial charge >= 0.3 is 6.18 Å². The van der Waals surface area contributed by atoms with Crippen molar-refractivity contribution in [2.75, 3.05) is 29.9 Å². The van der Waals surface area contributed by atoms with Crippen LogP contribution in [-0.4, -0.2) is 45.4 Å². The minimum absolute atomic E-state index is 0.0203. The topological polar surface area (TPSA) is 88.1 Å². The van der Waals surface area contributed by atoms with E-state index in [1.165, 1.54) is 10.7 Å². The van der Waals surface area contributed by atoms with Crippen molar-refractivity contribution in [1.29, 1.82) is 0 Å². The molecule has 4 aromatic rings. The van der Waals surface area contributed by atoms with Crippen molar-refractivity contribution in [2.24, 2.45) is 7.05 Å². The SMILES string of the molecule is C=C1CN(c2ccc(-c3nc4c(C(=O)Nc5cc(C)nn5C)cccc4[nH]3)c(C(F)(F)F)c2)CCO1. The highest BCUT2D eigenvalue weighted by Gasteiger charge is 2.35. The zero-order valence-corrected chi connectivity index (χ0v) is 19.6. The zero-order chi connectivity index (χ0) is 25.6. The Balaban J connectivity index is 1.54. The summed E-state index contributed by atoms with van der Waals surface area (Å²) in [5.41, 5.74) is 1.16. The monoisotopic (exact) mass is 496 g/mol. The number of H-pyrrole nitrogens is 1. The van der Waals surface area contributed by atoms with E-state index in [-0.39, 0.29) is 22.5 Å². The molecule has 1 fully saturated rings. The molecule has 0 saturated carbocycles. The number of para-hydroxylation sites is 1. The van der Waals surface area contributed by atoms with Gasteiger partial charge < -0.3 is 19.9 Å². The number of amides is 1. The second-order valence-electron chi connectivity index (χ2n) is 8.57. The zero-order valence-electron chi connectivity index (χ0n) is 19.6. The molecule has 1 aliphatic rings. The van der Waals surface area contributed by atoms with Gasteiger partial charge in [0.1, 0.15) is 29.5 Å². The summed E-state index contributed by atoms with van der Waals surface area (Å²) < 4.78 is 49.2. The van der Waals surface area contributed by atoms with E-state index in [0.29, 0.717) is 42.5 Å². The van der Waals surface area contributed by atoms with Crippen LogP contribution in [0.25, 0.3) is 22.4 Å². The van der Waals surface area contributed by atoms with Crippen LogP contribution >= 0.6 is 0 Å². The molecule has 1 amide bonds. The van der Waals surface area contributed by atoms with Gasteiger partial charge in [-0.05, 0) is 37.3 Å². The number of hydrogen-bond acceptors (Lipinski definition) is 5. The Labute approximate surface area is 204 Å². The van der Waals surface area contributed by atoms with Crippen LogP contribution in [0.4, 0.5) is 24.7 Å². The van der Waals surface area contributed by atoms with E-state index in [2.05, 4.69) is 27.0 Å². The van der Waals surface area contributed by atoms with Gasteiger partial charge in [0, 0.05) is 24.4 Å². The third-order valence-electron chi connectivity index (χ3n) is 5.96. The number of benzene rings is 2. The average Bonchev–Trinajstić information content (AvgIpc) is 3.40. The summed E-state index contributed by atoms with van der Waals surface area (Å²) >= 11 is 0. The molecule has 1 aliphatic heterocycles. The van der Waals surface area contributed by atoms with Crippen LogP contribution in [0.5, 0.6) is 0 Å². The number of halogens is 3. The number of aromatic nitrogens is 4. The van der Waals surface area contributed by atoms with E-state index in [4.69, 9.17) is 4.74 Å². The molecule has 0 radical (unpaired) electrons. The predicted molar refractivity (Wildman–Crippen MR) is 130 cm³/mol. The van der Waals surface area contributed by atoms with E-state index >= 15 is 0 Å². The molecule has 186 valence electrons. The molecule has 8 nitrogen and oxygen atoms in total. The number of nitrogens with zero attached hydrogens (tertiary/aromatic N) is 4. The van der Waals surface area contributed by atoms with Crippen molar-refractivity contribution in [1.82, 2.24) is 19.7 Å². The molecule has 2 N–H and O–H groups in total. The molecule has 0 spiro atoms. The van der Waals surface area contributed by atoms with Gasteiger partial charge in [-0.15, -0.1) is 0 Å². The van der Waals surface area contributed by atoms with Crippen LogP contribution in [0, 0.1) is 6.92 Å². The average molecular weight is 496 g/mol. The maximum absolute atomic E-state index is 14.1. The Morgan fingerprint density at radius 3 is 2.72 bits per heavy atom. The van der Waals surface area contributed by atoms with Crippen LogP contribution in [-0.2, 0) is 18.0 Å². The highest BCUT2D eigenvalue weighted by Crippen LogP contribution is 2.39. The van der Waals surface area contributed by atoms with Gasteiger partial charge in [0.2, 0.25) is 0 Å². The Morgan fingerprint density at radius 2 is 2.03 bits per heavy atom.